The van der Waals surface area contributed by atoms with Crippen molar-refractivity contribution < 1.29 is 28.1 Å². The van der Waals surface area contributed by atoms with Crippen LogP contribution in [0.1, 0.15) is 26.5 Å². The zero-order chi connectivity index (χ0) is 26.3. The molecule has 1 saturated heterocycles. The maximum absolute atomic E-state index is 13.7. The van der Waals surface area contributed by atoms with Gasteiger partial charge in [0.1, 0.15) is 23.8 Å². The summed E-state index contributed by atoms with van der Waals surface area (Å²) in [6, 6.07) is 7.54. The van der Waals surface area contributed by atoms with E-state index in [1.165, 1.54) is 12.7 Å². The molecule has 198 valence electrons. The second-order valence-electron chi connectivity index (χ2n) is 8.14. The quantitative estimate of drug-likeness (QED) is 0.0620. The van der Waals surface area contributed by atoms with Crippen molar-refractivity contribution in [2.24, 2.45) is 5.11 Å². The molecular formula is C21H28N9O6P. The van der Waals surface area contributed by atoms with Crippen LogP contribution < -0.4 is 15.3 Å². The molecule has 0 aliphatic carbocycles. The number of nitrogen functional groups attached to an aromatic ring is 1. The van der Waals surface area contributed by atoms with Gasteiger partial charge in [-0.05, 0) is 31.5 Å². The molecule has 15 nitrogen and oxygen atoms in total. The Bertz CT molecular complexity index is 1270. The van der Waals surface area contributed by atoms with Gasteiger partial charge in [0, 0.05) is 17.4 Å². The van der Waals surface area contributed by atoms with Gasteiger partial charge in [0.25, 0.3) is 0 Å². The minimum absolute atomic E-state index is 0.0986. The first-order valence-corrected chi connectivity index (χ1v) is 13.1. The zero-order valence-electron chi connectivity index (χ0n) is 20.3. The molecule has 0 saturated carbocycles. The van der Waals surface area contributed by atoms with E-state index in [0.29, 0.717) is 29.9 Å². The van der Waals surface area contributed by atoms with Crippen LogP contribution in [0, 0.1) is 0 Å². The number of ether oxygens (including phenoxy) is 1. The van der Waals surface area contributed by atoms with Crippen LogP contribution in [-0.4, -0.2) is 57.5 Å². The van der Waals surface area contributed by atoms with Gasteiger partial charge in [-0.15, -0.1) is 0 Å². The van der Waals surface area contributed by atoms with E-state index >= 15 is 0 Å². The molecule has 1 fully saturated rings. The van der Waals surface area contributed by atoms with Crippen molar-refractivity contribution in [2.45, 2.75) is 44.7 Å². The van der Waals surface area contributed by atoms with E-state index in [2.05, 4.69) is 30.1 Å². The van der Waals surface area contributed by atoms with Crippen LogP contribution in [0.3, 0.4) is 0 Å². The molecule has 1 aliphatic heterocycles. The number of aromatic nitrogens is 4. The molecule has 0 bridgehead atoms. The average Bonchev–Trinajstić information content (AvgIpc) is 3.49. The summed E-state index contributed by atoms with van der Waals surface area (Å²) in [6.07, 6.45) is 1.85. The van der Waals surface area contributed by atoms with Crippen LogP contribution >= 0.6 is 7.75 Å². The fourth-order valence-electron chi connectivity index (χ4n) is 3.73. The summed E-state index contributed by atoms with van der Waals surface area (Å²) in [4.78, 5) is 25.3. The van der Waals surface area contributed by atoms with E-state index in [9.17, 15) is 4.57 Å². The Hall–Kier alpha value is -3.29. The number of para-hydroxylation sites is 1. The summed E-state index contributed by atoms with van der Waals surface area (Å²) in [5, 5.41) is 6.70. The van der Waals surface area contributed by atoms with Crippen molar-refractivity contribution in [2.75, 3.05) is 25.6 Å². The van der Waals surface area contributed by atoms with Gasteiger partial charge >= 0.3 is 7.75 Å². The van der Waals surface area contributed by atoms with E-state index in [1.54, 1.807) is 48.7 Å². The third-order valence-corrected chi connectivity index (χ3v) is 7.07. The lowest BCUT2D eigenvalue weighted by Gasteiger charge is -2.25. The monoisotopic (exact) mass is 533 g/mol. The van der Waals surface area contributed by atoms with Crippen LogP contribution in [0.5, 0.6) is 5.75 Å². The number of nitrogens with one attached hydrogen (secondary N) is 1. The first-order chi connectivity index (χ1) is 17.9. The SMILES string of the molecule is CCOOC[C@H](C)NP(=O)(OC[C@@H]1O[C@H](n2cnc3c(N)ncnc32)CC1N=[N+]=[N-])Oc1ccccc1. The maximum atomic E-state index is 13.7. The maximum Gasteiger partial charge on any atom is 0.459 e. The highest BCUT2D eigenvalue weighted by atomic mass is 31.2. The number of benzene rings is 1. The molecule has 2 aromatic heterocycles. The Labute approximate surface area is 212 Å². The molecule has 16 heteroatoms. The predicted octanol–water partition coefficient (Wildman–Crippen LogP) is 3.52. The van der Waals surface area contributed by atoms with Crippen molar-refractivity contribution >= 4 is 24.7 Å². The van der Waals surface area contributed by atoms with E-state index in [0.717, 1.165) is 0 Å². The van der Waals surface area contributed by atoms with Gasteiger partial charge in [-0.3, -0.25) is 9.09 Å². The second kappa shape index (κ2) is 12.3. The van der Waals surface area contributed by atoms with Crippen molar-refractivity contribution in [1.29, 1.82) is 0 Å². The Morgan fingerprint density at radius 3 is 2.89 bits per heavy atom. The average molecular weight is 533 g/mol. The van der Waals surface area contributed by atoms with Gasteiger partial charge in [0.15, 0.2) is 11.5 Å². The smallest absolute Gasteiger partial charge is 0.413 e. The van der Waals surface area contributed by atoms with Crippen LogP contribution in [0.15, 0.2) is 48.1 Å². The Kier molecular flexibility index (Phi) is 8.90. The number of anilines is 1. The van der Waals surface area contributed by atoms with E-state index < -0.39 is 32.2 Å². The lowest BCUT2D eigenvalue weighted by Crippen LogP contribution is -2.33. The van der Waals surface area contributed by atoms with Gasteiger partial charge < -0.3 is 15.0 Å². The topological polar surface area (TPSA) is 194 Å². The first-order valence-electron chi connectivity index (χ1n) is 11.6. The molecule has 1 aromatic carbocycles. The van der Waals surface area contributed by atoms with Gasteiger partial charge in [-0.25, -0.2) is 34.4 Å². The number of fused-ring (bicyclic) bond motifs is 1. The number of imidazole rings is 1. The molecule has 1 aliphatic rings. The summed E-state index contributed by atoms with van der Waals surface area (Å²) in [5.74, 6) is 0.580. The van der Waals surface area contributed by atoms with Gasteiger partial charge in [-0.2, -0.15) is 0 Å². The lowest BCUT2D eigenvalue weighted by atomic mass is 10.1. The molecule has 5 atom stereocenters. The highest BCUT2D eigenvalue weighted by molar-refractivity contribution is 7.52. The number of hydrogen-bond donors (Lipinski definition) is 2. The largest absolute Gasteiger partial charge is 0.459 e. The minimum Gasteiger partial charge on any atom is -0.413 e. The molecule has 3 aromatic rings. The van der Waals surface area contributed by atoms with Crippen molar-refractivity contribution in [1.82, 2.24) is 24.6 Å². The molecule has 37 heavy (non-hydrogen) atoms. The van der Waals surface area contributed by atoms with Crippen molar-refractivity contribution in [3.8, 4) is 5.75 Å². The number of rotatable bonds is 13. The molecule has 3 heterocycles. The highest BCUT2D eigenvalue weighted by Crippen LogP contribution is 2.46. The Morgan fingerprint density at radius 2 is 2.14 bits per heavy atom. The third-order valence-electron chi connectivity index (χ3n) is 5.38. The lowest BCUT2D eigenvalue weighted by molar-refractivity contribution is -0.293. The first kappa shape index (κ1) is 26.8. The highest BCUT2D eigenvalue weighted by Gasteiger charge is 2.39. The molecule has 0 radical (unpaired) electrons. The fourth-order valence-corrected chi connectivity index (χ4v) is 5.26. The van der Waals surface area contributed by atoms with Crippen LogP contribution in [0.4, 0.5) is 5.82 Å². The van der Waals surface area contributed by atoms with E-state index in [1.807, 2.05) is 0 Å². The number of nitrogens with two attached hydrogens (primary N) is 1. The summed E-state index contributed by atoms with van der Waals surface area (Å²) in [5.41, 5.74) is 15.9. The molecule has 0 spiro atoms. The van der Waals surface area contributed by atoms with Gasteiger partial charge in [-0.1, -0.05) is 23.3 Å². The van der Waals surface area contributed by atoms with Crippen LogP contribution in [-0.2, 0) is 23.6 Å². The molecule has 4 rings (SSSR count). The second-order valence-corrected chi connectivity index (χ2v) is 9.83. The molecule has 2 unspecified atom stereocenters. The van der Waals surface area contributed by atoms with E-state index in [4.69, 9.17) is 34.8 Å². The summed E-state index contributed by atoms with van der Waals surface area (Å²) in [7, 11) is -3.93. The third kappa shape index (κ3) is 6.73. The van der Waals surface area contributed by atoms with E-state index in [-0.39, 0.29) is 19.0 Å². The Morgan fingerprint density at radius 1 is 1.32 bits per heavy atom. The van der Waals surface area contributed by atoms with Gasteiger partial charge in [0.2, 0.25) is 0 Å². The number of hydrogen-bond acceptors (Lipinski definition) is 11. The zero-order valence-corrected chi connectivity index (χ0v) is 21.2. The van der Waals surface area contributed by atoms with Crippen LogP contribution in [0.25, 0.3) is 21.6 Å². The predicted molar refractivity (Wildman–Crippen MR) is 132 cm³/mol. The molecule has 3 N–H and O–H groups in total. The Balaban J connectivity index is 1.49. The standard InChI is InChI=1S/C21H28N9O6P/c1-3-32-33-10-14(2)28-37(31,36-15-7-5-4-6-8-15)34-11-17-16(27-29-23)9-18(35-17)30-13-26-19-20(22)24-12-25-21(19)30/h4-8,12-14,16-18H,3,9-11H2,1-2H3,(H,28,31)(H2,22,24,25)/t14-,16?,17-,18-,37?/m0/s1. The molecular weight excluding hydrogens is 505 g/mol. The number of azide groups is 1. The van der Waals surface area contributed by atoms with Crippen molar-refractivity contribution in [3.05, 3.63) is 53.4 Å². The summed E-state index contributed by atoms with van der Waals surface area (Å²) >= 11 is 0. The normalized spacial score (nSPS) is 21.8. The summed E-state index contributed by atoms with van der Waals surface area (Å²) in [6.45, 7) is 3.80. The minimum atomic E-state index is -3.93. The van der Waals surface area contributed by atoms with Crippen LogP contribution in [0.2, 0.25) is 0 Å². The molecule has 0 amide bonds. The number of nitrogens with zero attached hydrogens (tertiary/aromatic N) is 7. The van der Waals surface area contributed by atoms with Gasteiger partial charge in [0.05, 0.1) is 38.3 Å². The fraction of sp³-hybridized carbons (Fsp3) is 0.476. The summed E-state index contributed by atoms with van der Waals surface area (Å²) < 4.78 is 33.0. The van der Waals surface area contributed by atoms with Crippen molar-refractivity contribution in [3.63, 3.8) is 0 Å².